The van der Waals surface area contributed by atoms with E-state index in [-0.39, 0.29) is 11.9 Å². The SMILES string of the molecule is COCc1cccc(C(=O)N2CCCC2c2ccccc2)c1. The monoisotopic (exact) mass is 295 g/mol. The van der Waals surface area contributed by atoms with Gasteiger partial charge in [-0.3, -0.25) is 4.79 Å². The highest BCUT2D eigenvalue weighted by Crippen LogP contribution is 2.33. The molecule has 0 N–H and O–H groups in total. The van der Waals surface area contributed by atoms with E-state index in [1.54, 1.807) is 7.11 Å². The van der Waals surface area contributed by atoms with Crippen LogP contribution in [0.25, 0.3) is 0 Å². The summed E-state index contributed by atoms with van der Waals surface area (Å²) in [5.74, 6) is 0.115. The molecule has 0 aromatic heterocycles. The standard InChI is InChI=1S/C19H21NO2/c1-22-14-15-7-5-10-17(13-15)19(21)20-12-6-11-18(20)16-8-3-2-4-9-16/h2-5,7-10,13,18H,6,11-12,14H2,1H3. The minimum atomic E-state index is 0.115. The van der Waals surface area contributed by atoms with Crippen LogP contribution in [0.3, 0.4) is 0 Å². The number of carbonyl (C=O) groups is 1. The zero-order valence-electron chi connectivity index (χ0n) is 12.9. The van der Waals surface area contributed by atoms with Crippen LogP contribution in [0, 0.1) is 0 Å². The van der Waals surface area contributed by atoms with Gasteiger partial charge in [-0.1, -0.05) is 42.5 Å². The van der Waals surface area contributed by atoms with Crippen molar-refractivity contribution in [3.05, 3.63) is 71.3 Å². The quantitative estimate of drug-likeness (QED) is 0.858. The fourth-order valence-corrected chi connectivity index (χ4v) is 3.16. The number of likely N-dealkylation sites (tertiary alicyclic amines) is 1. The van der Waals surface area contributed by atoms with Gasteiger partial charge in [0, 0.05) is 19.2 Å². The highest BCUT2D eigenvalue weighted by molar-refractivity contribution is 5.94. The zero-order chi connectivity index (χ0) is 15.4. The van der Waals surface area contributed by atoms with Gasteiger partial charge < -0.3 is 9.64 Å². The lowest BCUT2D eigenvalue weighted by atomic mass is 10.0. The summed E-state index contributed by atoms with van der Waals surface area (Å²) in [4.78, 5) is 14.9. The number of hydrogen-bond donors (Lipinski definition) is 0. The van der Waals surface area contributed by atoms with Crippen molar-refractivity contribution in [2.24, 2.45) is 0 Å². The molecule has 1 atom stereocenters. The van der Waals surface area contributed by atoms with E-state index < -0.39 is 0 Å². The Kier molecular flexibility index (Phi) is 4.54. The topological polar surface area (TPSA) is 29.5 Å². The molecule has 22 heavy (non-hydrogen) atoms. The van der Waals surface area contributed by atoms with E-state index in [1.165, 1.54) is 5.56 Å². The second kappa shape index (κ2) is 6.75. The first-order valence-corrected chi connectivity index (χ1v) is 7.73. The van der Waals surface area contributed by atoms with Gasteiger partial charge in [0.2, 0.25) is 0 Å². The highest BCUT2D eigenvalue weighted by Gasteiger charge is 2.30. The van der Waals surface area contributed by atoms with Crippen LogP contribution < -0.4 is 0 Å². The van der Waals surface area contributed by atoms with E-state index in [2.05, 4.69) is 12.1 Å². The molecule has 1 fully saturated rings. The molecule has 1 aliphatic rings. The molecule has 3 rings (SSSR count). The molecule has 3 nitrogen and oxygen atoms in total. The summed E-state index contributed by atoms with van der Waals surface area (Å²) in [5.41, 5.74) is 3.00. The fraction of sp³-hybridized carbons (Fsp3) is 0.316. The second-order valence-corrected chi connectivity index (χ2v) is 5.70. The van der Waals surface area contributed by atoms with E-state index >= 15 is 0 Å². The Labute approximate surface area is 131 Å². The normalized spacial score (nSPS) is 17.7. The van der Waals surface area contributed by atoms with E-state index in [0.717, 1.165) is 30.5 Å². The first kappa shape index (κ1) is 14.8. The third kappa shape index (κ3) is 3.04. The van der Waals surface area contributed by atoms with Crippen molar-refractivity contribution >= 4 is 5.91 Å². The molecule has 1 amide bonds. The number of nitrogens with zero attached hydrogens (tertiary/aromatic N) is 1. The molecule has 1 unspecified atom stereocenters. The van der Waals surface area contributed by atoms with Crippen molar-refractivity contribution in [2.75, 3.05) is 13.7 Å². The molecule has 2 aromatic rings. The maximum atomic E-state index is 12.9. The van der Waals surface area contributed by atoms with Crippen molar-refractivity contribution in [3.8, 4) is 0 Å². The number of methoxy groups -OCH3 is 1. The predicted octanol–water partition coefficient (Wildman–Crippen LogP) is 3.81. The van der Waals surface area contributed by atoms with Crippen molar-refractivity contribution in [2.45, 2.75) is 25.5 Å². The largest absolute Gasteiger partial charge is 0.380 e. The Morgan fingerprint density at radius 2 is 2.00 bits per heavy atom. The minimum Gasteiger partial charge on any atom is -0.380 e. The van der Waals surface area contributed by atoms with E-state index in [4.69, 9.17) is 4.74 Å². The molecule has 0 bridgehead atoms. The average Bonchev–Trinajstić information content (AvgIpc) is 3.05. The Morgan fingerprint density at radius 3 is 2.77 bits per heavy atom. The summed E-state index contributed by atoms with van der Waals surface area (Å²) in [7, 11) is 1.67. The van der Waals surface area contributed by atoms with Gasteiger partial charge in [-0.15, -0.1) is 0 Å². The lowest BCUT2D eigenvalue weighted by Gasteiger charge is -2.25. The van der Waals surface area contributed by atoms with Crippen LogP contribution in [-0.4, -0.2) is 24.5 Å². The van der Waals surface area contributed by atoms with Crippen molar-refractivity contribution in [1.82, 2.24) is 4.90 Å². The number of benzene rings is 2. The molecule has 0 saturated carbocycles. The molecule has 0 aliphatic carbocycles. The van der Waals surface area contributed by atoms with Gasteiger partial charge in [-0.25, -0.2) is 0 Å². The number of rotatable bonds is 4. The molecule has 1 saturated heterocycles. The van der Waals surface area contributed by atoms with Crippen molar-refractivity contribution < 1.29 is 9.53 Å². The number of amides is 1. The molecule has 1 heterocycles. The van der Waals surface area contributed by atoms with Crippen LogP contribution in [-0.2, 0) is 11.3 Å². The van der Waals surface area contributed by atoms with Gasteiger partial charge in [0.05, 0.1) is 12.6 Å². The Bertz CT molecular complexity index is 639. The minimum absolute atomic E-state index is 0.115. The van der Waals surface area contributed by atoms with Gasteiger partial charge in [-0.05, 0) is 36.1 Å². The Hall–Kier alpha value is -2.13. The van der Waals surface area contributed by atoms with E-state index in [9.17, 15) is 4.79 Å². The van der Waals surface area contributed by atoms with Gasteiger partial charge in [0.1, 0.15) is 0 Å². The third-order valence-corrected chi connectivity index (χ3v) is 4.18. The fourth-order valence-electron chi connectivity index (χ4n) is 3.16. The number of carbonyl (C=O) groups excluding carboxylic acids is 1. The second-order valence-electron chi connectivity index (χ2n) is 5.70. The maximum absolute atomic E-state index is 12.9. The van der Waals surface area contributed by atoms with Gasteiger partial charge in [0.25, 0.3) is 5.91 Å². The summed E-state index contributed by atoms with van der Waals surface area (Å²) < 4.78 is 5.15. The summed E-state index contributed by atoms with van der Waals surface area (Å²) in [6.45, 7) is 1.36. The summed E-state index contributed by atoms with van der Waals surface area (Å²) >= 11 is 0. The predicted molar refractivity (Wildman–Crippen MR) is 86.6 cm³/mol. The smallest absolute Gasteiger partial charge is 0.254 e. The van der Waals surface area contributed by atoms with Crippen LogP contribution in [0.4, 0.5) is 0 Å². The molecule has 2 aromatic carbocycles. The number of ether oxygens (including phenoxy) is 1. The summed E-state index contributed by atoms with van der Waals surface area (Å²) in [5, 5.41) is 0. The van der Waals surface area contributed by atoms with Crippen LogP contribution in [0.15, 0.2) is 54.6 Å². The average molecular weight is 295 g/mol. The first-order chi connectivity index (χ1) is 10.8. The molecular weight excluding hydrogens is 274 g/mol. The summed E-state index contributed by atoms with van der Waals surface area (Å²) in [6.07, 6.45) is 2.09. The Morgan fingerprint density at radius 1 is 1.18 bits per heavy atom. The molecule has 0 spiro atoms. The van der Waals surface area contributed by atoms with Crippen molar-refractivity contribution in [1.29, 1.82) is 0 Å². The summed E-state index contributed by atoms with van der Waals surface area (Å²) in [6, 6.07) is 18.2. The first-order valence-electron chi connectivity index (χ1n) is 7.73. The molecule has 1 aliphatic heterocycles. The van der Waals surface area contributed by atoms with Crippen LogP contribution in [0.2, 0.25) is 0 Å². The lowest BCUT2D eigenvalue weighted by molar-refractivity contribution is 0.0735. The number of hydrogen-bond acceptors (Lipinski definition) is 2. The van der Waals surface area contributed by atoms with E-state index in [0.29, 0.717) is 6.61 Å². The highest BCUT2D eigenvalue weighted by atomic mass is 16.5. The molecule has 0 radical (unpaired) electrons. The molecular formula is C19H21NO2. The Balaban J connectivity index is 1.83. The van der Waals surface area contributed by atoms with Crippen LogP contribution in [0.5, 0.6) is 0 Å². The van der Waals surface area contributed by atoms with Crippen molar-refractivity contribution in [3.63, 3.8) is 0 Å². The zero-order valence-corrected chi connectivity index (χ0v) is 12.9. The maximum Gasteiger partial charge on any atom is 0.254 e. The molecule has 3 heteroatoms. The lowest BCUT2D eigenvalue weighted by Crippen LogP contribution is -2.30. The van der Waals surface area contributed by atoms with Gasteiger partial charge in [0.15, 0.2) is 0 Å². The third-order valence-electron chi connectivity index (χ3n) is 4.18. The van der Waals surface area contributed by atoms with Crippen LogP contribution >= 0.6 is 0 Å². The van der Waals surface area contributed by atoms with Gasteiger partial charge in [-0.2, -0.15) is 0 Å². The van der Waals surface area contributed by atoms with Gasteiger partial charge >= 0.3 is 0 Å². The molecule has 114 valence electrons. The van der Waals surface area contributed by atoms with Crippen LogP contribution in [0.1, 0.15) is 40.4 Å². The van der Waals surface area contributed by atoms with E-state index in [1.807, 2.05) is 47.4 Å².